The Morgan fingerprint density at radius 3 is 2.30 bits per heavy atom. The van der Waals surface area contributed by atoms with E-state index in [9.17, 15) is 9.59 Å². The highest BCUT2D eigenvalue weighted by molar-refractivity contribution is 5.90. The van der Waals surface area contributed by atoms with Crippen molar-refractivity contribution < 1.29 is 9.59 Å². The zero-order chi connectivity index (χ0) is 23.0. The molecule has 2 aliphatic heterocycles. The van der Waals surface area contributed by atoms with Crippen molar-refractivity contribution >= 4 is 17.7 Å². The number of piperidine rings is 1. The number of benzene rings is 2. The number of rotatable bonds is 3. The van der Waals surface area contributed by atoms with Crippen molar-refractivity contribution in [3.05, 3.63) is 65.2 Å². The van der Waals surface area contributed by atoms with E-state index in [0.717, 1.165) is 63.1 Å². The molecule has 2 atom stereocenters. The normalized spacial score (nSPS) is 23.5. The van der Waals surface area contributed by atoms with Gasteiger partial charge in [-0.15, -0.1) is 0 Å². The fraction of sp³-hybridized carbons (Fsp3) is 0.481. The number of urea groups is 2. The van der Waals surface area contributed by atoms with Crippen molar-refractivity contribution in [2.45, 2.75) is 51.5 Å². The SMILES string of the molecule is Cc1ccc(NC(=O)N2CCC3(CC2)CCN(C(=O)N[C@@H]2C[C@H]2c2ccccc2)C3)c(C)c1. The van der Waals surface area contributed by atoms with Gasteiger partial charge < -0.3 is 20.4 Å². The molecule has 1 saturated carbocycles. The van der Waals surface area contributed by atoms with E-state index in [0.29, 0.717) is 5.92 Å². The third kappa shape index (κ3) is 4.70. The third-order valence-electron chi connectivity index (χ3n) is 7.79. The highest BCUT2D eigenvalue weighted by Gasteiger charge is 2.45. The van der Waals surface area contributed by atoms with Crippen LogP contribution in [0.2, 0.25) is 0 Å². The molecule has 5 rings (SSSR count). The first-order valence-corrected chi connectivity index (χ1v) is 12.2. The average Bonchev–Trinajstić information content (AvgIpc) is 3.46. The van der Waals surface area contributed by atoms with Gasteiger partial charge in [0.15, 0.2) is 0 Å². The number of carbonyl (C=O) groups excluding carboxylic acids is 2. The van der Waals surface area contributed by atoms with Crippen LogP contribution >= 0.6 is 0 Å². The van der Waals surface area contributed by atoms with Gasteiger partial charge in [0.2, 0.25) is 0 Å². The van der Waals surface area contributed by atoms with E-state index >= 15 is 0 Å². The smallest absolute Gasteiger partial charge is 0.321 e. The minimum Gasteiger partial charge on any atom is -0.335 e. The van der Waals surface area contributed by atoms with E-state index in [2.05, 4.69) is 47.9 Å². The predicted molar refractivity (Wildman–Crippen MR) is 130 cm³/mol. The molecule has 3 aliphatic rings. The lowest BCUT2D eigenvalue weighted by atomic mass is 9.78. The van der Waals surface area contributed by atoms with Gasteiger partial charge in [-0.1, -0.05) is 48.0 Å². The van der Waals surface area contributed by atoms with Gasteiger partial charge >= 0.3 is 12.1 Å². The Balaban J connectivity index is 1.10. The van der Waals surface area contributed by atoms with E-state index in [4.69, 9.17) is 0 Å². The van der Waals surface area contributed by atoms with Crippen LogP contribution < -0.4 is 10.6 Å². The van der Waals surface area contributed by atoms with Crippen molar-refractivity contribution in [2.75, 3.05) is 31.5 Å². The van der Waals surface area contributed by atoms with Crippen LogP contribution in [-0.4, -0.2) is 54.1 Å². The van der Waals surface area contributed by atoms with Gasteiger partial charge in [0.05, 0.1) is 0 Å². The van der Waals surface area contributed by atoms with E-state index < -0.39 is 0 Å². The standard InChI is InChI=1S/C27H34N4O2/c1-19-8-9-23(20(2)16-19)28-25(32)30-13-10-27(11-14-30)12-15-31(18-27)26(33)29-24-17-22(24)21-6-4-3-5-7-21/h3-9,16,22,24H,10-15,17-18H2,1-2H3,(H,28,32)(H,29,33)/t22-,24+/m0/s1. The topological polar surface area (TPSA) is 64.7 Å². The number of amides is 4. The van der Waals surface area contributed by atoms with E-state index in [-0.39, 0.29) is 23.5 Å². The van der Waals surface area contributed by atoms with Crippen LogP contribution in [0.4, 0.5) is 15.3 Å². The Morgan fingerprint density at radius 2 is 1.61 bits per heavy atom. The molecule has 174 valence electrons. The highest BCUT2D eigenvalue weighted by atomic mass is 16.2. The Bertz CT molecular complexity index is 1030. The molecule has 33 heavy (non-hydrogen) atoms. The van der Waals surface area contributed by atoms with Gasteiger partial charge in [-0.3, -0.25) is 0 Å². The minimum absolute atomic E-state index is 0.0231. The van der Waals surface area contributed by atoms with Crippen molar-refractivity contribution in [1.29, 1.82) is 0 Å². The molecular formula is C27H34N4O2. The summed E-state index contributed by atoms with van der Waals surface area (Å²) in [6.45, 7) is 7.17. The molecule has 0 bridgehead atoms. The highest BCUT2D eigenvalue weighted by Crippen LogP contribution is 2.43. The number of aryl methyl sites for hydroxylation is 2. The maximum atomic E-state index is 12.9. The molecule has 2 heterocycles. The summed E-state index contributed by atoms with van der Waals surface area (Å²) >= 11 is 0. The lowest BCUT2D eigenvalue weighted by molar-refractivity contribution is 0.127. The van der Waals surface area contributed by atoms with Gasteiger partial charge in [0.1, 0.15) is 0 Å². The summed E-state index contributed by atoms with van der Waals surface area (Å²) in [6.07, 6.45) is 3.96. The van der Waals surface area contributed by atoms with Crippen LogP contribution in [0, 0.1) is 19.3 Å². The first-order valence-electron chi connectivity index (χ1n) is 12.2. The second-order valence-electron chi connectivity index (χ2n) is 10.2. The van der Waals surface area contributed by atoms with Gasteiger partial charge in [-0.25, -0.2) is 9.59 Å². The quantitative estimate of drug-likeness (QED) is 0.705. The molecule has 0 unspecified atom stereocenters. The number of nitrogens with zero attached hydrogens (tertiary/aromatic N) is 2. The Hall–Kier alpha value is -3.02. The maximum Gasteiger partial charge on any atom is 0.321 e. The van der Waals surface area contributed by atoms with Crippen LogP contribution in [0.1, 0.15) is 48.3 Å². The summed E-state index contributed by atoms with van der Waals surface area (Å²) in [6, 6.07) is 16.8. The summed E-state index contributed by atoms with van der Waals surface area (Å²) < 4.78 is 0. The fourth-order valence-electron chi connectivity index (χ4n) is 5.52. The molecule has 2 aromatic rings. The molecule has 1 spiro atoms. The molecule has 2 aromatic carbocycles. The zero-order valence-corrected chi connectivity index (χ0v) is 19.6. The molecule has 6 heteroatoms. The molecule has 2 saturated heterocycles. The first kappa shape index (κ1) is 21.8. The average molecular weight is 447 g/mol. The van der Waals surface area contributed by atoms with Crippen LogP contribution in [0.15, 0.2) is 48.5 Å². The van der Waals surface area contributed by atoms with Crippen molar-refractivity contribution in [3.63, 3.8) is 0 Å². The number of carbonyl (C=O) groups is 2. The second-order valence-corrected chi connectivity index (χ2v) is 10.2. The number of nitrogens with one attached hydrogen (secondary N) is 2. The second kappa shape index (κ2) is 8.73. The zero-order valence-electron chi connectivity index (χ0n) is 19.6. The number of likely N-dealkylation sites (tertiary alicyclic amines) is 2. The van der Waals surface area contributed by atoms with Crippen molar-refractivity contribution in [1.82, 2.24) is 15.1 Å². The lowest BCUT2D eigenvalue weighted by Gasteiger charge is -2.39. The van der Waals surface area contributed by atoms with Gasteiger partial charge in [0, 0.05) is 43.8 Å². The number of hydrogen-bond acceptors (Lipinski definition) is 2. The molecule has 0 radical (unpaired) electrons. The van der Waals surface area contributed by atoms with Gasteiger partial charge in [-0.05, 0) is 62.1 Å². The molecule has 6 nitrogen and oxygen atoms in total. The van der Waals surface area contributed by atoms with Crippen molar-refractivity contribution in [2.24, 2.45) is 5.41 Å². The fourth-order valence-corrected chi connectivity index (χ4v) is 5.52. The van der Waals surface area contributed by atoms with E-state index in [1.165, 1.54) is 11.1 Å². The maximum absolute atomic E-state index is 12.9. The van der Waals surface area contributed by atoms with Crippen molar-refractivity contribution in [3.8, 4) is 0 Å². The monoisotopic (exact) mass is 446 g/mol. The molecular weight excluding hydrogens is 412 g/mol. The predicted octanol–water partition coefficient (Wildman–Crippen LogP) is 4.89. The first-order chi connectivity index (χ1) is 15.9. The molecule has 3 fully saturated rings. The molecule has 4 amide bonds. The van der Waals surface area contributed by atoms with Crippen LogP contribution in [0.25, 0.3) is 0 Å². The Labute approximate surface area is 196 Å². The lowest BCUT2D eigenvalue weighted by Crippen LogP contribution is -2.47. The largest absolute Gasteiger partial charge is 0.335 e. The van der Waals surface area contributed by atoms with Crippen LogP contribution in [0.3, 0.4) is 0 Å². The summed E-state index contributed by atoms with van der Waals surface area (Å²) in [7, 11) is 0. The summed E-state index contributed by atoms with van der Waals surface area (Å²) in [5.41, 5.74) is 4.61. The molecule has 0 aromatic heterocycles. The van der Waals surface area contributed by atoms with Gasteiger partial charge in [-0.2, -0.15) is 0 Å². The van der Waals surface area contributed by atoms with E-state index in [1.54, 1.807) is 0 Å². The summed E-state index contributed by atoms with van der Waals surface area (Å²) in [4.78, 5) is 29.6. The summed E-state index contributed by atoms with van der Waals surface area (Å²) in [5.74, 6) is 0.450. The number of hydrogen-bond donors (Lipinski definition) is 2. The van der Waals surface area contributed by atoms with Gasteiger partial charge in [0.25, 0.3) is 0 Å². The molecule has 2 N–H and O–H groups in total. The Kier molecular flexibility index (Phi) is 5.77. The Morgan fingerprint density at radius 1 is 0.909 bits per heavy atom. The third-order valence-corrected chi connectivity index (χ3v) is 7.79. The number of anilines is 1. The van der Waals surface area contributed by atoms with E-state index in [1.807, 2.05) is 34.9 Å². The van der Waals surface area contributed by atoms with Crippen LogP contribution in [0.5, 0.6) is 0 Å². The molecule has 1 aliphatic carbocycles. The summed E-state index contributed by atoms with van der Waals surface area (Å²) in [5, 5.41) is 6.31. The minimum atomic E-state index is -0.0231. The van der Waals surface area contributed by atoms with Crippen LogP contribution in [-0.2, 0) is 0 Å².